The molecule has 1 unspecified atom stereocenters. The number of fused-ring (bicyclic) bond motifs is 4. The van der Waals surface area contributed by atoms with Crippen molar-refractivity contribution in [1.82, 2.24) is 26.6 Å². The molecule has 376 valence electrons. The van der Waals surface area contributed by atoms with Crippen molar-refractivity contribution >= 4 is 29.9 Å². The van der Waals surface area contributed by atoms with Gasteiger partial charge in [-0.3, -0.25) is 9.59 Å². The number of ether oxygens (including phenoxy) is 8. The van der Waals surface area contributed by atoms with Gasteiger partial charge in [-0.15, -0.1) is 0 Å². The second kappa shape index (κ2) is 21.6. The van der Waals surface area contributed by atoms with Gasteiger partial charge < -0.3 is 75.3 Å². The van der Waals surface area contributed by atoms with Crippen LogP contribution in [0.4, 0.5) is 9.59 Å². The Kier molecular flexibility index (Phi) is 16.0. The highest BCUT2D eigenvalue weighted by Crippen LogP contribution is 2.82. The van der Waals surface area contributed by atoms with Gasteiger partial charge in [0.1, 0.15) is 42.2 Å². The zero-order chi connectivity index (χ0) is 47.2. The van der Waals surface area contributed by atoms with E-state index in [0.717, 1.165) is 49.7 Å². The van der Waals surface area contributed by atoms with Crippen molar-refractivity contribution in [2.24, 2.45) is 17.1 Å². The van der Waals surface area contributed by atoms with Crippen LogP contribution >= 0.6 is 0 Å². The number of unbranched alkanes of at least 4 members (excludes halogenated alkanes) is 3. The van der Waals surface area contributed by atoms with Gasteiger partial charge in [0, 0.05) is 49.8 Å². The lowest BCUT2D eigenvalue weighted by atomic mass is 9.47. The number of cyclic esters (lactones) is 1. The molecule has 0 aromatic rings. The molecule has 8 rings (SSSR count). The normalized spacial score (nSPS) is 35.0. The van der Waals surface area contributed by atoms with E-state index in [0.29, 0.717) is 124 Å². The summed E-state index contributed by atoms with van der Waals surface area (Å²) >= 11 is 0. The summed E-state index contributed by atoms with van der Waals surface area (Å²) in [5.74, 6) is -0.386. The van der Waals surface area contributed by atoms with Crippen LogP contribution in [0.3, 0.4) is 0 Å². The molecule has 6 fully saturated rings. The van der Waals surface area contributed by atoms with Gasteiger partial charge in [-0.2, -0.15) is 0 Å². The van der Waals surface area contributed by atoms with E-state index in [-0.39, 0.29) is 72.2 Å². The molecule has 4 saturated heterocycles. The molecule has 5 heterocycles. The minimum Gasteiger partial charge on any atom is -0.458 e. The number of urea groups is 1. The number of aliphatic hydroxyl groups is 1. The molecule has 3 aliphatic carbocycles. The lowest BCUT2D eigenvalue weighted by molar-refractivity contribution is -0.136. The van der Waals surface area contributed by atoms with E-state index in [2.05, 4.69) is 33.5 Å². The Bertz CT molecular complexity index is 1840. The highest BCUT2D eigenvalue weighted by atomic mass is 16.7. The molecule has 67 heavy (non-hydrogen) atoms. The quantitative estimate of drug-likeness (QED) is 0.0306. The summed E-state index contributed by atoms with van der Waals surface area (Å²) in [4.78, 5) is 61.9. The molecule has 2 spiro atoms. The number of nitrogens with one attached hydrogen (secondary N) is 5. The molecule has 2 saturated carbocycles. The predicted molar refractivity (Wildman–Crippen MR) is 238 cm³/mol. The predicted octanol–water partition coefficient (Wildman–Crippen LogP) is 1.53. The third kappa shape index (κ3) is 10.2. The lowest BCUT2D eigenvalue weighted by Crippen LogP contribution is -2.68. The number of aliphatic hydroxyl groups excluding tert-OH is 1. The molecule has 20 nitrogen and oxygen atoms in total. The third-order valence-corrected chi connectivity index (χ3v) is 15.8. The van der Waals surface area contributed by atoms with Crippen LogP contribution in [-0.4, -0.2) is 167 Å². The van der Waals surface area contributed by atoms with Crippen LogP contribution < -0.4 is 32.3 Å². The first-order valence-corrected chi connectivity index (χ1v) is 25.0. The molecule has 8 N–H and O–H groups in total. The summed E-state index contributed by atoms with van der Waals surface area (Å²) in [6, 6.07) is -0.586. The number of carbonyl (C=O) groups excluding carboxylic acids is 5. The van der Waals surface area contributed by atoms with Gasteiger partial charge in [0.15, 0.2) is 5.60 Å². The molecule has 8 aliphatic rings. The largest absolute Gasteiger partial charge is 0.458 e. The van der Waals surface area contributed by atoms with E-state index in [4.69, 9.17) is 43.6 Å². The first-order chi connectivity index (χ1) is 32.4. The van der Waals surface area contributed by atoms with Gasteiger partial charge in [0.25, 0.3) is 0 Å². The number of hydrogen-bond acceptors (Lipinski definition) is 15. The van der Waals surface area contributed by atoms with Gasteiger partial charge in [-0.1, -0.05) is 19.8 Å². The van der Waals surface area contributed by atoms with Gasteiger partial charge in [-0.25, -0.2) is 14.4 Å². The number of rotatable bonds is 30. The third-order valence-electron chi connectivity index (χ3n) is 15.8. The standard InChI is InChI=1S/C47H74N6O14/c1-29-33(52-42(58)51-29)11-4-3-5-13-36(54)49-18-9-20-60-23-25-62-26-24-61-21-10-19-50-39(55)34(12-6-7-17-48)53-43(59)63-22-8-15-45-37(66-45)38-47(67-38)44(2)16-14-30-31(28-64-40(30)56)32(44)27-35-46(47,65-35)41(45)57/h29,32-35,37-38,41,57H,3-28,48H2,1-2H3,(H,49,54)(H,50,55)(H,53,59)(H2,51,52,58)/t29-,32-,33+,34?,35-,37-,38-,41+,44-,45-,46+,47+/m0/s1. The highest BCUT2D eigenvalue weighted by molar-refractivity contribution is 5.92. The van der Waals surface area contributed by atoms with Crippen LogP contribution in [0.15, 0.2) is 11.1 Å². The number of nitrogens with two attached hydrogens (primary N) is 1. The Morgan fingerprint density at radius 3 is 2.34 bits per heavy atom. The van der Waals surface area contributed by atoms with Gasteiger partial charge >= 0.3 is 18.1 Å². The summed E-state index contributed by atoms with van der Waals surface area (Å²) in [5, 5.41) is 26.3. The molecule has 0 aromatic carbocycles. The number of carbonyl (C=O) groups is 5. The Hall–Kier alpha value is -3.63. The van der Waals surface area contributed by atoms with Gasteiger partial charge in [0.2, 0.25) is 11.8 Å². The monoisotopic (exact) mass is 947 g/mol. The van der Waals surface area contributed by atoms with Crippen molar-refractivity contribution < 1.29 is 67.0 Å². The fourth-order valence-electron chi connectivity index (χ4n) is 12.1. The van der Waals surface area contributed by atoms with Gasteiger partial charge in [-0.05, 0) is 102 Å². The Labute approximate surface area is 392 Å². The Balaban J connectivity index is 0.633. The van der Waals surface area contributed by atoms with Crippen molar-refractivity contribution in [3.8, 4) is 0 Å². The van der Waals surface area contributed by atoms with E-state index in [1.54, 1.807) is 0 Å². The van der Waals surface area contributed by atoms with Crippen molar-refractivity contribution in [2.45, 2.75) is 170 Å². The average Bonchev–Trinajstić information content (AvgIpc) is 4.25. The smallest absolute Gasteiger partial charge is 0.407 e. The lowest BCUT2D eigenvalue weighted by Gasteiger charge is -2.53. The number of amides is 5. The van der Waals surface area contributed by atoms with Crippen LogP contribution in [0.5, 0.6) is 0 Å². The van der Waals surface area contributed by atoms with Crippen LogP contribution in [0.2, 0.25) is 0 Å². The van der Waals surface area contributed by atoms with Crippen molar-refractivity contribution in [2.75, 3.05) is 72.5 Å². The SMILES string of the molecule is C[C@@H]1NC(=O)N[C@@H]1CCCCCC(=O)NCCCOCCOCCOCCCNC(=O)C(CCCCN)NC(=O)OCCC[C@]12O[C@H]1[C@@H]1O[C@]13[C@]1(O[C@H]1C[C@H]1C4=C(CC[C@@]13C)C(=O)OC4)[C@@H]2O. The number of esters is 1. The molecule has 12 atom stereocenters. The van der Waals surface area contributed by atoms with Crippen LogP contribution in [0.1, 0.15) is 110 Å². The summed E-state index contributed by atoms with van der Waals surface area (Å²) in [7, 11) is 0. The molecule has 0 aromatic heterocycles. The summed E-state index contributed by atoms with van der Waals surface area (Å²) in [6.07, 6.45) is 7.90. The maximum atomic E-state index is 13.1. The number of alkyl carbamates (subject to hydrolysis) is 1. The molecule has 0 radical (unpaired) electrons. The second-order valence-electron chi connectivity index (χ2n) is 19.9. The fourth-order valence-corrected chi connectivity index (χ4v) is 12.1. The topological polar surface area (TPSA) is 275 Å². The highest BCUT2D eigenvalue weighted by Gasteiger charge is 3.00. The van der Waals surface area contributed by atoms with Crippen LogP contribution in [0.25, 0.3) is 0 Å². The van der Waals surface area contributed by atoms with E-state index in [9.17, 15) is 29.1 Å². The van der Waals surface area contributed by atoms with Gasteiger partial charge in [0.05, 0.1) is 45.2 Å². The molecular formula is C47H74N6O14. The summed E-state index contributed by atoms with van der Waals surface area (Å²) in [6.45, 7) is 8.66. The summed E-state index contributed by atoms with van der Waals surface area (Å²) in [5.41, 5.74) is 4.86. The van der Waals surface area contributed by atoms with Crippen LogP contribution in [0, 0.1) is 11.3 Å². The van der Waals surface area contributed by atoms with E-state index in [1.165, 1.54) is 0 Å². The second-order valence-corrected chi connectivity index (χ2v) is 19.9. The maximum Gasteiger partial charge on any atom is 0.407 e. The van der Waals surface area contributed by atoms with E-state index in [1.807, 2.05) is 6.92 Å². The first-order valence-electron chi connectivity index (χ1n) is 25.0. The average molecular weight is 947 g/mol. The molecular weight excluding hydrogens is 873 g/mol. The maximum absolute atomic E-state index is 13.1. The fraction of sp³-hybridized carbons (Fsp3) is 0.851. The van der Waals surface area contributed by atoms with E-state index >= 15 is 0 Å². The minimum absolute atomic E-state index is 0.0452. The molecule has 5 aliphatic heterocycles. The summed E-state index contributed by atoms with van der Waals surface area (Å²) < 4.78 is 47.2. The zero-order valence-corrected chi connectivity index (χ0v) is 39.3. The van der Waals surface area contributed by atoms with Crippen LogP contribution in [-0.2, 0) is 52.3 Å². The Morgan fingerprint density at radius 1 is 0.866 bits per heavy atom. The van der Waals surface area contributed by atoms with Crippen molar-refractivity contribution in [3.05, 3.63) is 11.1 Å². The minimum atomic E-state index is -0.905. The molecule has 0 bridgehead atoms. The number of epoxide rings is 3. The first kappa shape index (κ1) is 49.8. The Morgan fingerprint density at radius 2 is 1.61 bits per heavy atom. The van der Waals surface area contributed by atoms with Crippen molar-refractivity contribution in [1.29, 1.82) is 0 Å². The molecule has 5 amide bonds. The zero-order valence-electron chi connectivity index (χ0n) is 39.3. The molecule has 20 heteroatoms. The number of hydrogen-bond donors (Lipinski definition) is 7. The van der Waals surface area contributed by atoms with E-state index < -0.39 is 35.0 Å². The van der Waals surface area contributed by atoms with Crippen molar-refractivity contribution in [3.63, 3.8) is 0 Å².